The lowest BCUT2D eigenvalue weighted by atomic mass is 10.0. The molecular weight excluding hydrogens is 618 g/mol. The summed E-state index contributed by atoms with van der Waals surface area (Å²) in [5.41, 5.74) is 3.73. The summed E-state index contributed by atoms with van der Waals surface area (Å²) < 4.78 is 38.6. The number of nitrogens with one attached hydrogen (secondary N) is 3. The summed E-state index contributed by atoms with van der Waals surface area (Å²) in [6.45, 7) is 10.1. The van der Waals surface area contributed by atoms with Crippen molar-refractivity contribution in [2.24, 2.45) is 0 Å². The molecule has 2 aliphatic heterocycles. The molecule has 3 aromatic carbocycles. The first kappa shape index (κ1) is 33.4. The Hall–Kier alpha value is -4.55. The molecule has 2 fully saturated rings. The highest BCUT2D eigenvalue weighted by Gasteiger charge is 2.25. The summed E-state index contributed by atoms with van der Waals surface area (Å²) in [6, 6.07) is 15.0. The summed E-state index contributed by atoms with van der Waals surface area (Å²) >= 11 is 0. The lowest BCUT2D eigenvalue weighted by Crippen LogP contribution is -2.48. The van der Waals surface area contributed by atoms with E-state index in [2.05, 4.69) is 30.6 Å². The van der Waals surface area contributed by atoms with Crippen molar-refractivity contribution in [1.82, 2.24) is 15.1 Å². The van der Waals surface area contributed by atoms with Crippen molar-refractivity contribution in [2.75, 3.05) is 61.5 Å². The van der Waals surface area contributed by atoms with Crippen molar-refractivity contribution < 1.29 is 27.8 Å². The quantitative estimate of drug-likeness (QED) is 0.195. The minimum Gasteiger partial charge on any atom is -0.459 e. The first-order valence-corrected chi connectivity index (χ1v) is 16.4. The molecule has 12 heteroatoms. The highest BCUT2D eigenvalue weighted by atomic mass is 19.1. The van der Waals surface area contributed by atoms with Crippen molar-refractivity contribution in [3.8, 4) is 0 Å². The number of hydrogen-bond acceptors (Lipinski definition) is 8. The number of nitrogens with zero attached hydrogens (tertiary/aromatic N) is 3. The second-order valence-corrected chi connectivity index (χ2v) is 13.5. The Morgan fingerprint density at radius 1 is 0.958 bits per heavy atom. The Balaban J connectivity index is 1.18. The predicted molar refractivity (Wildman–Crippen MR) is 182 cm³/mol. The average molecular weight is 661 g/mol. The van der Waals surface area contributed by atoms with Crippen molar-refractivity contribution in [3.05, 3.63) is 82.9 Å². The predicted octanol–water partition coefficient (Wildman–Crippen LogP) is 5.74. The van der Waals surface area contributed by atoms with Crippen LogP contribution in [0.3, 0.4) is 0 Å². The van der Waals surface area contributed by atoms with Crippen LogP contribution in [0, 0.1) is 11.6 Å². The summed E-state index contributed by atoms with van der Waals surface area (Å²) in [4.78, 5) is 30.5. The molecule has 0 saturated carbocycles. The number of carbonyl (C=O) groups is 2. The molecule has 2 saturated heterocycles. The number of carbonyl (C=O) groups excluding carboxylic acids is 2. The van der Waals surface area contributed by atoms with E-state index in [1.54, 1.807) is 0 Å². The minimum atomic E-state index is -0.626. The van der Waals surface area contributed by atoms with Crippen LogP contribution in [0.25, 0.3) is 10.9 Å². The van der Waals surface area contributed by atoms with Gasteiger partial charge in [0, 0.05) is 68.3 Å². The molecule has 1 amide bonds. The number of benzene rings is 3. The van der Waals surface area contributed by atoms with Gasteiger partial charge in [-0.3, -0.25) is 19.6 Å². The van der Waals surface area contributed by atoms with Gasteiger partial charge in [0.25, 0.3) is 5.91 Å². The highest BCUT2D eigenvalue weighted by molar-refractivity contribution is 6.11. The maximum atomic E-state index is 13.8. The molecule has 6 rings (SSSR count). The van der Waals surface area contributed by atoms with Gasteiger partial charge in [-0.05, 0) is 93.6 Å². The topological polar surface area (TPSA) is 112 Å². The Bertz CT molecular complexity index is 1750. The van der Waals surface area contributed by atoms with Gasteiger partial charge in [-0.15, -0.1) is 0 Å². The number of piperazine rings is 1. The standard InChI is InChI=1S/C36H42F2N6O4/c1-36(2,3)48-33(45)22-43-10-12-44(13-11-43)28-5-6-29(32(21-28)39-27-8-14-47-15-9-27)35(46)40-34-30-19-23(4-7-31(30)41-42-34)16-24-17-25(37)20-26(38)18-24/h4-7,17-21,27,39H,8-16,22H2,1-3H3,(H2,40,41,42,46). The van der Waals surface area contributed by atoms with Crippen LogP contribution in [-0.2, 0) is 20.7 Å². The number of aromatic nitrogens is 2. The number of hydrogen-bond donors (Lipinski definition) is 3. The number of H-pyrrole nitrogens is 1. The van der Waals surface area contributed by atoms with Crippen molar-refractivity contribution >= 4 is 40.0 Å². The molecule has 0 atom stereocenters. The van der Waals surface area contributed by atoms with Gasteiger partial charge in [0.05, 0.1) is 17.6 Å². The summed E-state index contributed by atoms with van der Waals surface area (Å²) in [7, 11) is 0. The fourth-order valence-corrected chi connectivity index (χ4v) is 6.22. The Morgan fingerprint density at radius 3 is 2.40 bits per heavy atom. The van der Waals surface area contributed by atoms with Crippen LogP contribution >= 0.6 is 0 Å². The van der Waals surface area contributed by atoms with E-state index in [4.69, 9.17) is 9.47 Å². The zero-order valence-electron chi connectivity index (χ0n) is 27.6. The van der Waals surface area contributed by atoms with Gasteiger partial charge < -0.3 is 25.0 Å². The van der Waals surface area contributed by atoms with E-state index in [1.807, 2.05) is 57.2 Å². The molecule has 0 bridgehead atoms. The zero-order chi connectivity index (χ0) is 33.8. The van der Waals surface area contributed by atoms with E-state index >= 15 is 0 Å². The molecule has 0 radical (unpaired) electrons. The fraction of sp³-hybridized carbons (Fsp3) is 0.417. The van der Waals surface area contributed by atoms with Crippen LogP contribution in [0.5, 0.6) is 0 Å². The molecule has 3 N–H and O–H groups in total. The third kappa shape index (κ3) is 8.48. The van der Waals surface area contributed by atoms with Crippen molar-refractivity contribution in [1.29, 1.82) is 0 Å². The Labute approximate surface area is 278 Å². The average Bonchev–Trinajstić information content (AvgIpc) is 3.42. The molecule has 10 nitrogen and oxygen atoms in total. The van der Waals surface area contributed by atoms with Gasteiger partial charge in [-0.1, -0.05) is 6.07 Å². The largest absolute Gasteiger partial charge is 0.459 e. The van der Waals surface area contributed by atoms with Gasteiger partial charge >= 0.3 is 5.97 Å². The van der Waals surface area contributed by atoms with Gasteiger partial charge in [0.15, 0.2) is 5.82 Å². The number of halogens is 2. The Morgan fingerprint density at radius 2 is 1.69 bits per heavy atom. The Kier molecular flexibility index (Phi) is 9.93. The summed E-state index contributed by atoms with van der Waals surface area (Å²) in [5, 5.41) is 14.6. The number of amides is 1. The second-order valence-electron chi connectivity index (χ2n) is 13.5. The molecular formula is C36H42F2N6O4. The number of esters is 1. The van der Waals surface area contributed by atoms with E-state index < -0.39 is 17.2 Å². The van der Waals surface area contributed by atoms with E-state index in [0.717, 1.165) is 54.5 Å². The fourth-order valence-electron chi connectivity index (χ4n) is 6.22. The van der Waals surface area contributed by atoms with Crippen LogP contribution in [0.15, 0.2) is 54.6 Å². The summed E-state index contributed by atoms with van der Waals surface area (Å²) in [5.74, 6) is -1.43. The zero-order valence-corrected chi connectivity index (χ0v) is 27.6. The van der Waals surface area contributed by atoms with E-state index in [9.17, 15) is 18.4 Å². The second kappa shape index (κ2) is 14.3. The summed E-state index contributed by atoms with van der Waals surface area (Å²) in [6.07, 6.45) is 1.98. The molecule has 0 spiro atoms. The molecule has 48 heavy (non-hydrogen) atoms. The van der Waals surface area contributed by atoms with Crippen molar-refractivity contribution in [2.45, 2.75) is 51.7 Å². The third-order valence-electron chi connectivity index (χ3n) is 8.53. The lowest BCUT2D eigenvalue weighted by Gasteiger charge is -2.36. The van der Waals surface area contributed by atoms with E-state index in [-0.39, 0.29) is 24.5 Å². The van der Waals surface area contributed by atoms with Gasteiger partial charge in [-0.25, -0.2) is 8.78 Å². The normalized spacial score (nSPS) is 16.2. The van der Waals surface area contributed by atoms with Crippen LogP contribution in [-0.4, -0.2) is 84.6 Å². The van der Waals surface area contributed by atoms with E-state index in [1.165, 1.54) is 12.1 Å². The first-order valence-electron chi connectivity index (χ1n) is 16.4. The minimum absolute atomic E-state index is 0.160. The number of fused-ring (bicyclic) bond motifs is 1. The van der Waals surface area contributed by atoms with Crippen LogP contribution in [0.4, 0.5) is 26.0 Å². The maximum Gasteiger partial charge on any atom is 0.320 e. The third-order valence-corrected chi connectivity index (χ3v) is 8.53. The lowest BCUT2D eigenvalue weighted by molar-refractivity contribution is -0.156. The number of ether oxygens (including phenoxy) is 2. The highest BCUT2D eigenvalue weighted by Crippen LogP contribution is 2.29. The van der Waals surface area contributed by atoms with E-state index in [0.29, 0.717) is 55.1 Å². The van der Waals surface area contributed by atoms with Crippen molar-refractivity contribution in [3.63, 3.8) is 0 Å². The molecule has 0 unspecified atom stereocenters. The SMILES string of the molecule is CC(C)(C)OC(=O)CN1CCN(c2ccc(C(=O)Nc3n[nH]c4ccc(Cc5cc(F)cc(F)c5)cc34)c(NC3CCOCC3)c2)CC1. The molecule has 2 aliphatic rings. The first-order chi connectivity index (χ1) is 23.0. The monoisotopic (exact) mass is 660 g/mol. The molecule has 4 aromatic rings. The molecule has 1 aromatic heterocycles. The molecule has 3 heterocycles. The molecule has 0 aliphatic carbocycles. The van der Waals surface area contributed by atoms with Crippen LogP contribution in [0.1, 0.15) is 55.1 Å². The maximum absolute atomic E-state index is 13.8. The smallest absolute Gasteiger partial charge is 0.320 e. The van der Waals surface area contributed by atoms with Gasteiger partial charge in [0.2, 0.25) is 0 Å². The number of anilines is 3. The van der Waals surface area contributed by atoms with Crippen LogP contribution < -0.4 is 15.5 Å². The number of aromatic amines is 1. The van der Waals surface area contributed by atoms with Gasteiger partial charge in [0.1, 0.15) is 17.2 Å². The number of rotatable bonds is 9. The van der Waals surface area contributed by atoms with Crippen LogP contribution in [0.2, 0.25) is 0 Å². The van der Waals surface area contributed by atoms with Gasteiger partial charge in [-0.2, -0.15) is 5.10 Å². The molecule has 254 valence electrons.